The standard InChI is InChI=1S/C14H16N2O5S/c1-9(21-2)8-22(19,20)16-12-7-11(14(17)18)6-10-4-3-5-15-13(10)12/h3-7,9,16H,8H2,1-2H3,(H,17,18). The van der Waals surface area contributed by atoms with Crippen LogP contribution in [0.25, 0.3) is 10.9 Å². The molecule has 0 aliphatic rings. The first-order chi connectivity index (χ1) is 10.3. The second-order valence-electron chi connectivity index (χ2n) is 4.83. The Labute approximate surface area is 128 Å². The SMILES string of the molecule is COC(C)CS(=O)(=O)Nc1cc(C(=O)O)cc2cccnc12. The lowest BCUT2D eigenvalue weighted by atomic mass is 10.1. The van der Waals surface area contributed by atoms with Gasteiger partial charge in [-0.25, -0.2) is 13.2 Å². The normalized spacial score (nSPS) is 13.0. The summed E-state index contributed by atoms with van der Waals surface area (Å²) >= 11 is 0. The van der Waals surface area contributed by atoms with Crippen molar-refractivity contribution in [3.8, 4) is 0 Å². The smallest absolute Gasteiger partial charge is 0.335 e. The third-order valence-electron chi connectivity index (χ3n) is 3.07. The van der Waals surface area contributed by atoms with E-state index in [1.54, 1.807) is 19.1 Å². The van der Waals surface area contributed by atoms with Crippen molar-refractivity contribution in [2.24, 2.45) is 0 Å². The van der Waals surface area contributed by atoms with Crippen LogP contribution in [0.5, 0.6) is 0 Å². The van der Waals surface area contributed by atoms with Crippen LogP contribution in [0.15, 0.2) is 30.5 Å². The Balaban J connectivity index is 2.48. The van der Waals surface area contributed by atoms with Crippen LogP contribution in [-0.4, -0.2) is 43.4 Å². The minimum atomic E-state index is -3.69. The van der Waals surface area contributed by atoms with Gasteiger partial charge < -0.3 is 9.84 Å². The Bertz CT molecular complexity index is 804. The number of methoxy groups -OCH3 is 1. The maximum absolute atomic E-state index is 12.1. The van der Waals surface area contributed by atoms with Crippen molar-refractivity contribution in [1.82, 2.24) is 4.98 Å². The number of carboxylic acids is 1. The number of aromatic carboxylic acids is 1. The van der Waals surface area contributed by atoms with Crippen LogP contribution in [-0.2, 0) is 14.8 Å². The second-order valence-corrected chi connectivity index (χ2v) is 6.60. The van der Waals surface area contributed by atoms with Crippen LogP contribution in [0.1, 0.15) is 17.3 Å². The fourth-order valence-corrected chi connectivity index (χ4v) is 3.31. The van der Waals surface area contributed by atoms with Gasteiger partial charge >= 0.3 is 5.97 Å². The van der Waals surface area contributed by atoms with Gasteiger partial charge in [-0.1, -0.05) is 6.07 Å². The molecule has 8 heteroatoms. The predicted octanol–water partition coefficient (Wildman–Crippen LogP) is 1.71. The van der Waals surface area contributed by atoms with E-state index in [9.17, 15) is 13.2 Å². The number of nitrogens with one attached hydrogen (secondary N) is 1. The third-order valence-corrected chi connectivity index (χ3v) is 4.51. The lowest BCUT2D eigenvalue weighted by molar-refractivity contribution is 0.0697. The highest BCUT2D eigenvalue weighted by Gasteiger charge is 2.18. The highest BCUT2D eigenvalue weighted by Crippen LogP contribution is 2.25. The summed E-state index contributed by atoms with van der Waals surface area (Å²) in [6, 6.07) is 6.02. The molecule has 2 rings (SSSR count). The monoisotopic (exact) mass is 324 g/mol. The molecule has 1 aromatic heterocycles. The molecule has 0 bridgehead atoms. The first kappa shape index (κ1) is 16.2. The van der Waals surface area contributed by atoms with Crippen LogP contribution in [0.3, 0.4) is 0 Å². The minimum Gasteiger partial charge on any atom is -0.478 e. The molecule has 0 saturated carbocycles. The van der Waals surface area contributed by atoms with Crippen molar-refractivity contribution in [3.05, 3.63) is 36.0 Å². The van der Waals surface area contributed by atoms with E-state index >= 15 is 0 Å². The molecule has 0 saturated heterocycles. The average molecular weight is 324 g/mol. The quantitative estimate of drug-likeness (QED) is 0.838. The van der Waals surface area contributed by atoms with Crippen molar-refractivity contribution < 1.29 is 23.1 Å². The number of nitrogens with zero attached hydrogens (tertiary/aromatic N) is 1. The van der Waals surface area contributed by atoms with Gasteiger partial charge in [0, 0.05) is 18.7 Å². The Morgan fingerprint density at radius 1 is 1.45 bits per heavy atom. The molecule has 2 aromatic rings. The first-order valence-electron chi connectivity index (χ1n) is 6.48. The molecule has 0 fully saturated rings. The van der Waals surface area contributed by atoms with Gasteiger partial charge in [0.1, 0.15) is 0 Å². The van der Waals surface area contributed by atoms with Crippen LogP contribution in [0, 0.1) is 0 Å². The Kier molecular flexibility index (Phi) is 4.62. The maximum atomic E-state index is 12.1. The molecule has 0 aliphatic carbocycles. The Morgan fingerprint density at radius 3 is 2.82 bits per heavy atom. The molecule has 1 atom stereocenters. The molecule has 7 nitrogen and oxygen atoms in total. The molecule has 1 unspecified atom stereocenters. The number of ether oxygens (including phenoxy) is 1. The average Bonchev–Trinajstić information content (AvgIpc) is 2.46. The van der Waals surface area contributed by atoms with Crippen molar-refractivity contribution in [1.29, 1.82) is 0 Å². The summed E-state index contributed by atoms with van der Waals surface area (Å²) in [6.07, 6.45) is 1.03. The molecule has 0 aliphatic heterocycles. The van der Waals surface area contributed by atoms with Crippen LogP contribution in [0.2, 0.25) is 0 Å². The van der Waals surface area contributed by atoms with Crippen molar-refractivity contribution in [2.75, 3.05) is 17.6 Å². The number of rotatable bonds is 6. The highest BCUT2D eigenvalue weighted by atomic mass is 32.2. The maximum Gasteiger partial charge on any atom is 0.335 e. The Morgan fingerprint density at radius 2 is 2.18 bits per heavy atom. The molecule has 118 valence electrons. The van der Waals surface area contributed by atoms with Gasteiger partial charge in [-0.2, -0.15) is 0 Å². The van der Waals surface area contributed by atoms with Gasteiger partial charge in [0.25, 0.3) is 0 Å². The van der Waals surface area contributed by atoms with E-state index in [-0.39, 0.29) is 17.0 Å². The fourth-order valence-electron chi connectivity index (χ4n) is 1.98. The largest absolute Gasteiger partial charge is 0.478 e. The van der Waals surface area contributed by atoms with E-state index in [0.717, 1.165) is 0 Å². The summed E-state index contributed by atoms with van der Waals surface area (Å²) in [6.45, 7) is 1.63. The summed E-state index contributed by atoms with van der Waals surface area (Å²) in [4.78, 5) is 15.3. The van der Waals surface area contributed by atoms with E-state index < -0.39 is 22.1 Å². The summed E-state index contributed by atoms with van der Waals surface area (Å²) in [5, 5.41) is 9.67. The number of fused-ring (bicyclic) bond motifs is 1. The summed E-state index contributed by atoms with van der Waals surface area (Å²) in [5.74, 6) is -1.38. The van der Waals surface area contributed by atoms with Crippen molar-refractivity contribution >= 4 is 32.6 Å². The number of pyridine rings is 1. The topological polar surface area (TPSA) is 106 Å². The van der Waals surface area contributed by atoms with E-state index in [1.807, 2.05) is 0 Å². The third kappa shape index (κ3) is 3.71. The predicted molar refractivity (Wildman–Crippen MR) is 82.6 cm³/mol. The van der Waals surface area contributed by atoms with Gasteiger partial charge in [0.05, 0.1) is 28.6 Å². The molecule has 0 spiro atoms. The summed E-state index contributed by atoms with van der Waals surface area (Å²) < 4.78 is 31.6. The molecular weight excluding hydrogens is 308 g/mol. The lowest BCUT2D eigenvalue weighted by Crippen LogP contribution is -2.25. The van der Waals surface area contributed by atoms with Gasteiger partial charge in [0.2, 0.25) is 10.0 Å². The lowest BCUT2D eigenvalue weighted by Gasteiger charge is -2.14. The number of benzene rings is 1. The van der Waals surface area contributed by atoms with Gasteiger partial charge in [0.15, 0.2) is 0 Å². The van der Waals surface area contributed by atoms with Crippen LogP contribution in [0.4, 0.5) is 5.69 Å². The van der Waals surface area contributed by atoms with Crippen molar-refractivity contribution in [2.45, 2.75) is 13.0 Å². The molecule has 0 radical (unpaired) electrons. The number of sulfonamides is 1. The highest BCUT2D eigenvalue weighted by molar-refractivity contribution is 7.92. The van der Waals surface area contributed by atoms with Crippen LogP contribution < -0.4 is 4.72 Å². The zero-order chi connectivity index (χ0) is 16.3. The number of hydrogen-bond donors (Lipinski definition) is 2. The van der Waals surface area contributed by atoms with Gasteiger partial charge in [-0.15, -0.1) is 0 Å². The zero-order valence-corrected chi connectivity index (χ0v) is 12.9. The number of carboxylic acid groups (broad SMARTS) is 1. The van der Waals surface area contributed by atoms with Crippen LogP contribution >= 0.6 is 0 Å². The second kappa shape index (κ2) is 6.29. The van der Waals surface area contributed by atoms with Gasteiger partial charge in [-0.3, -0.25) is 9.71 Å². The summed E-state index contributed by atoms with van der Waals surface area (Å²) in [5.41, 5.74) is 0.512. The fraction of sp³-hybridized carbons (Fsp3) is 0.286. The van der Waals surface area contributed by atoms with Crippen molar-refractivity contribution in [3.63, 3.8) is 0 Å². The van der Waals surface area contributed by atoms with E-state index in [4.69, 9.17) is 9.84 Å². The van der Waals surface area contributed by atoms with E-state index in [2.05, 4.69) is 9.71 Å². The number of carbonyl (C=O) groups is 1. The molecule has 1 aromatic carbocycles. The zero-order valence-electron chi connectivity index (χ0n) is 12.1. The molecule has 22 heavy (non-hydrogen) atoms. The first-order valence-corrected chi connectivity index (χ1v) is 8.13. The number of anilines is 1. The van der Waals surface area contributed by atoms with Gasteiger partial charge in [-0.05, 0) is 25.1 Å². The minimum absolute atomic E-state index is 0.0158. The number of hydrogen-bond acceptors (Lipinski definition) is 5. The van der Waals surface area contributed by atoms with E-state index in [1.165, 1.54) is 25.4 Å². The Hall–Kier alpha value is -2.19. The number of aromatic nitrogens is 1. The molecule has 2 N–H and O–H groups in total. The molecular formula is C14H16N2O5S. The molecule has 1 heterocycles. The van der Waals surface area contributed by atoms with E-state index in [0.29, 0.717) is 10.9 Å². The molecule has 0 amide bonds. The summed E-state index contributed by atoms with van der Waals surface area (Å²) in [7, 11) is -2.27.